The highest BCUT2D eigenvalue weighted by Crippen LogP contribution is 2.59. The van der Waals surface area contributed by atoms with Gasteiger partial charge in [-0.3, -0.25) is 0 Å². The van der Waals surface area contributed by atoms with Crippen molar-refractivity contribution < 1.29 is 13.7 Å². The van der Waals surface area contributed by atoms with Gasteiger partial charge in [0.25, 0.3) is 0 Å². The van der Waals surface area contributed by atoms with Gasteiger partial charge >= 0.3 is 0 Å². The molecule has 0 N–H and O–H groups in total. The molecule has 0 atom stereocenters. The van der Waals surface area contributed by atoms with Crippen LogP contribution in [-0.4, -0.2) is 13.7 Å². The van der Waals surface area contributed by atoms with E-state index in [9.17, 15) is 0 Å². The fourth-order valence-electron chi connectivity index (χ4n) is 10.8. The second-order valence-corrected chi connectivity index (χ2v) is 18.4. The second-order valence-electron chi connectivity index (χ2n) is 18.4. The van der Waals surface area contributed by atoms with Crippen LogP contribution in [0.1, 0.15) is 124 Å². The molecule has 4 fully saturated rings. The molecule has 4 aliphatic carbocycles. The van der Waals surface area contributed by atoms with Gasteiger partial charge < -0.3 is 22.3 Å². The largest absolute Gasteiger partial charge is 0.358 e. The zero-order valence-corrected chi connectivity index (χ0v) is 38.2. The molecule has 0 unspecified atom stereocenters. The molecular formula is C53H74N6. The van der Waals surface area contributed by atoms with Gasteiger partial charge in [0, 0.05) is 0 Å². The minimum Gasteiger partial charge on any atom is -0.358 e. The molecule has 0 amide bonds. The first kappa shape index (κ1) is 45.4. The highest BCUT2D eigenvalue weighted by atomic mass is 15.2. The van der Waals surface area contributed by atoms with Crippen molar-refractivity contribution >= 4 is 33.1 Å². The van der Waals surface area contributed by atoms with Gasteiger partial charge in [-0.05, 0) is 154 Å². The molecule has 7 aromatic rings. The van der Waals surface area contributed by atoms with Crippen LogP contribution in [0.3, 0.4) is 0 Å². The summed E-state index contributed by atoms with van der Waals surface area (Å²) < 4.78 is 14.5. The van der Waals surface area contributed by atoms with E-state index in [2.05, 4.69) is 205 Å². The summed E-state index contributed by atoms with van der Waals surface area (Å²) in [5.74, 6) is 3.00. The quantitative estimate of drug-likeness (QED) is 0.113. The number of imidazole rings is 3. The monoisotopic (exact) mass is 795 g/mol. The predicted octanol–water partition coefficient (Wildman–Crippen LogP) is 12.4. The van der Waals surface area contributed by atoms with Gasteiger partial charge in [-0.1, -0.05) is 66.7 Å². The predicted molar refractivity (Wildman–Crippen MR) is 249 cm³/mol. The zero-order valence-electron chi connectivity index (χ0n) is 38.2. The Morgan fingerprint density at radius 1 is 0.492 bits per heavy atom. The third kappa shape index (κ3) is 8.93. The number of fused-ring (bicyclic) bond motifs is 3. The summed E-state index contributed by atoms with van der Waals surface area (Å²) in [7, 11) is 0. The molecule has 3 aromatic heterocycles. The molecule has 0 saturated heterocycles. The molecule has 11 rings (SSSR count). The zero-order chi connectivity index (χ0) is 39.1. The summed E-state index contributed by atoms with van der Waals surface area (Å²) in [6, 6.07) is 38.8. The smallest absolute Gasteiger partial charge is 0.245 e. The van der Waals surface area contributed by atoms with Crippen LogP contribution in [0.4, 0.5) is 0 Å². The highest BCUT2D eigenvalue weighted by molar-refractivity contribution is 5.73. The maximum atomic E-state index is 2.70. The Bertz CT molecular complexity index is 2330. The number of hydrogen-bond acceptors (Lipinski definition) is 0. The molecule has 0 aliphatic heterocycles. The minimum absolute atomic E-state index is 0. The first-order valence-corrected chi connectivity index (χ1v) is 21.6. The molecule has 4 bridgehead atoms. The van der Waals surface area contributed by atoms with Crippen molar-refractivity contribution in [3.05, 3.63) is 150 Å². The fourth-order valence-corrected chi connectivity index (χ4v) is 10.8. The lowest BCUT2D eigenvalue weighted by Crippen LogP contribution is -2.52. The van der Waals surface area contributed by atoms with E-state index in [-0.39, 0.29) is 22.3 Å². The van der Waals surface area contributed by atoms with Gasteiger partial charge in [-0.2, -0.15) is 0 Å². The lowest BCUT2D eigenvalue weighted by molar-refractivity contribution is -0.692. The number of para-hydroxylation sites is 6. The van der Waals surface area contributed by atoms with Crippen LogP contribution in [0.25, 0.3) is 33.1 Å². The van der Waals surface area contributed by atoms with Crippen molar-refractivity contribution in [1.82, 2.24) is 13.7 Å². The van der Waals surface area contributed by atoms with Crippen LogP contribution in [0.5, 0.6) is 0 Å². The minimum atomic E-state index is 0. The Morgan fingerprint density at radius 3 is 1.41 bits per heavy atom. The van der Waals surface area contributed by atoms with Gasteiger partial charge in [-0.25, -0.2) is 27.4 Å². The first-order valence-electron chi connectivity index (χ1n) is 21.6. The molecule has 0 spiro atoms. The second kappa shape index (κ2) is 18.7. The molecule has 6 heteroatoms. The Hall–Kier alpha value is -4.71. The maximum absolute atomic E-state index is 2.70. The van der Waals surface area contributed by atoms with Crippen molar-refractivity contribution in [2.24, 2.45) is 17.8 Å². The maximum Gasteiger partial charge on any atom is 0.245 e. The van der Waals surface area contributed by atoms with Gasteiger partial charge in [0.1, 0.15) is 12.1 Å². The standard InChI is InChI=1S/C20H27N2.C17H19N2.C13H19N2.3CH3/c1-14(2)21-13-22(19-6-4-3-5-18(19)21)20-10-15-7-16(11-20)9-17(8-15)12-20;1-14(2)19-13-18(12-15-8-4-3-5-9-15)16-10-6-7-11-17(16)19;1-10(2)14-9-15(11(3)4)13-8-6-5-7-12(13)14;;;/h3-6,13-17H,7-12H2,1-2H3;3-11,13-14H,12H2,1-2H3;5-11H,1-4H3;3*1H3/q3*+1;3*-1. The Labute approximate surface area is 357 Å². The molecule has 316 valence electrons. The van der Waals surface area contributed by atoms with Crippen LogP contribution in [0, 0.1) is 40.0 Å². The summed E-state index contributed by atoms with van der Waals surface area (Å²) in [6.45, 7) is 18.8. The van der Waals surface area contributed by atoms with E-state index >= 15 is 0 Å². The summed E-state index contributed by atoms with van der Waals surface area (Å²) in [5, 5.41) is 0. The third-order valence-electron chi connectivity index (χ3n) is 13.0. The number of rotatable bonds is 7. The van der Waals surface area contributed by atoms with Gasteiger partial charge in [0.15, 0.2) is 33.1 Å². The number of benzene rings is 4. The molecule has 4 aromatic carbocycles. The van der Waals surface area contributed by atoms with Crippen molar-refractivity contribution in [3.8, 4) is 0 Å². The topological polar surface area (TPSA) is 26.4 Å². The Morgan fingerprint density at radius 2 is 0.898 bits per heavy atom. The van der Waals surface area contributed by atoms with E-state index in [0.717, 1.165) is 24.3 Å². The van der Waals surface area contributed by atoms with E-state index in [1.165, 1.54) is 77.2 Å². The Balaban J connectivity index is 0.000000167. The average molecular weight is 795 g/mol. The fraction of sp³-hybridized carbons (Fsp3) is 0.434. The molecule has 59 heavy (non-hydrogen) atoms. The van der Waals surface area contributed by atoms with Crippen LogP contribution < -0.4 is 13.7 Å². The van der Waals surface area contributed by atoms with Crippen LogP contribution >= 0.6 is 0 Å². The number of aromatic nitrogens is 6. The molecule has 3 heterocycles. The van der Waals surface area contributed by atoms with Crippen molar-refractivity contribution in [2.75, 3.05) is 0 Å². The molecule has 0 radical (unpaired) electrons. The van der Waals surface area contributed by atoms with Crippen LogP contribution in [0.2, 0.25) is 0 Å². The summed E-state index contributed by atoms with van der Waals surface area (Å²) >= 11 is 0. The van der Waals surface area contributed by atoms with E-state index in [0.29, 0.717) is 29.7 Å². The van der Waals surface area contributed by atoms with Crippen molar-refractivity contribution in [1.29, 1.82) is 0 Å². The van der Waals surface area contributed by atoms with Gasteiger partial charge in [0.05, 0.1) is 24.2 Å². The van der Waals surface area contributed by atoms with Crippen LogP contribution in [-0.2, 0) is 12.1 Å². The van der Waals surface area contributed by atoms with Gasteiger partial charge in [0.2, 0.25) is 19.0 Å². The lowest BCUT2D eigenvalue weighted by Gasteiger charge is -2.54. The normalized spacial score (nSPS) is 20.3. The van der Waals surface area contributed by atoms with E-state index in [4.69, 9.17) is 0 Å². The summed E-state index contributed by atoms with van der Waals surface area (Å²) in [5.41, 5.74) is 9.86. The van der Waals surface area contributed by atoms with E-state index in [1.807, 2.05) is 0 Å². The molecule has 6 nitrogen and oxygen atoms in total. The summed E-state index contributed by atoms with van der Waals surface area (Å²) in [6.07, 6.45) is 15.7. The van der Waals surface area contributed by atoms with Crippen LogP contribution in [0.15, 0.2) is 122 Å². The summed E-state index contributed by atoms with van der Waals surface area (Å²) in [4.78, 5) is 0. The van der Waals surface area contributed by atoms with Crippen molar-refractivity contribution in [3.63, 3.8) is 0 Å². The molecular weight excluding hydrogens is 721 g/mol. The molecule has 4 aliphatic rings. The highest BCUT2D eigenvalue weighted by Gasteiger charge is 2.55. The number of nitrogens with zero attached hydrogens (tertiary/aromatic N) is 6. The van der Waals surface area contributed by atoms with Crippen molar-refractivity contribution in [2.45, 2.75) is 130 Å². The third-order valence-corrected chi connectivity index (χ3v) is 13.0. The Kier molecular flexibility index (Phi) is 14.4. The number of hydrogen-bond donors (Lipinski definition) is 0. The molecule has 4 saturated carbocycles. The lowest BCUT2D eigenvalue weighted by atomic mass is 9.53. The SMILES string of the molecule is CC(C)[n+]1cn(C23CC4CC(CC(C4)C2)C3)c2ccccc21.CC(C)n1c[n+](C(C)C)c2ccccc21.CC(C)n1c[n+](Cc2ccccc2)c2ccccc21.[CH3-].[CH3-].[CH3-]. The van der Waals surface area contributed by atoms with E-state index in [1.54, 1.807) is 0 Å². The first-order chi connectivity index (χ1) is 27.0. The van der Waals surface area contributed by atoms with Gasteiger partial charge in [-0.15, -0.1) is 0 Å². The van der Waals surface area contributed by atoms with E-state index < -0.39 is 0 Å². The average Bonchev–Trinajstić information content (AvgIpc) is 3.88.